The number of pyridine rings is 1. The van der Waals surface area contributed by atoms with Crippen LogP contribution in [0.25, 0.3) is 10.9 Å². The van der Waals surface area contributed by atoms with Crippen LogP contribution in [0.4, 0.5) is 5.95 Å². The molecule has 152 valence electrons. The van der Waals surface area contributed by atoms with Crippen molar-refractivity contribution in [3.8, 4) is 0 Å². The molecule has 3 atom stereocenters. The second-order valence-corrected chi connectivity index (χ2v) is 7.14. The summed E-state index contributed by atoms with van der Waals surface area (Å²) in [5, 5.41) is 0.863. The van der Waals surface area contributed by atoms with Crippen molar-refractivity contribution in [1.82, 2.24) is 15.0 Å². The maximum absolute atomic E-state index is 6.61. The Morgan fingerprint density at radius 2 is 2.03 bits per heavy atom. The molecule has 3 heterocycles. The van der Waals surface area contributed by atoms with E-state index >= 15 is 0 Å². The first kappa shape index (κ1) is 19.7. The predicted octanol–water partition coefficient (Wildman–Crippen LogP) is 1.40. The number of hydrogen-bond acceptors (Lipinski definition) is 8. The molecule has 4 rings (SSSR count). The molecular weight excluding hydrogens is 368 g/mol. The zero-order valence-electron chi connectivity index (χ0n) is 16.4. The second kappa shape index (κ2) is 8.79. The van der Waals surface area contributed by atoms with E-state index in [2.05, 4.69) is 17.1 Å². The molecule has 3 unspecified atom stereocenters. The smallest absolute Gasteiger partial charge is 0.228 e. The van der Waals surface area contributed by atoms with Crippen molar-refractivity contribution < 1.29 is 9.47 Å². The molecule has 0 radical (unpaired) electrons. The predicted molar refractivity (Wildman–Crippen MR) is 111 cm³/mol. The SMILES string of the molecule is COC1COCCN1c1nc(C(N)C(N)Cc2ccccc2)c2ccncc2n1. The summed E-state index contributed by atoms with van der Waals surface area (Å²) < 4.78 is 11.1. The molecule has 0 saturated carbocycles. The van der Waals surface area contributed by atoms with E-state index in [4.69, 9.17) is 30.9 Å². The third-order valence-corrected chi connectivity index (χ3v) is 5.22. The lowest BCUT2D eigenvalue weighted by molar-refractivity contribution is -0.0196. The highest BCUT2D eigenvalue weighted by molar-refractivity contribution is 5.81. The lowest BCUT2D eigenvalue weighted by Crippen LogP contribution is -2.47. The Hall–Kier alpha value is -2.65. The maximum atomic E-state index is 6.61. The van der Waals surface area contributed by atoms with Crippen LogP contribution in [0.2, 0.25) is 0 Å². The highest BCUT2D eigenvalue weighted by atomic mass is 16.5. The summed E-state index contributed by atoms with van der Waals surface area (Å²) in [4.78, 5) is 15.7. The molecule has 1 aliphatic heterocycles. The second-order valence-electron chi connectivity index (χ2n) is 7.14. The van der Waals surface area contributed by atoms with Crippen LogP contribution in [-0.2, 0) is 15.9 Å². The number of nitrogens with zero attached hydrogens (tertiary/aromatic N) is 4. The van der Waals surface area contributed by atoms with Crippen molar-refractivity contribution in [1.29, 1.82) is 0 Å². The minimum absolute atomic E-state index is 0.250. The van der Waals surface area contributed by atoms with Crippen LogP contribution in [0.1, 0.15) is 17.3 Å². The van der Waals surface area contributed by atoms with Gasteiger partial charge in [0.1, 0.15) is 0 Å². The lowest BCUT2D eigenvalue weighted by atomic mass is 9.96. The van der Waals surface area contributed by atoms with Crippen LogP contribution < -0.4 is 16.4 Å². The van der Waals surface area contributed by atoms with Gasteiger partial charge < -0.3 is 25.8 Å². The van der Waals surface area contributed by atoms with Crippen molar-refractivity contribution in [2.24, 2.45) is 11.5 Å². The molecule has 29 heavy (non-hydrogen) atoms. The first-order valence-corrected chi connectivity index (χ1v) is 9.71. The number of nitrogens with two attached hydrogens (primary N) is 2. The molecule has 0 spiro atoms. The summed E-state index contributed by atoms with van der Waals surface area (Å²) in [6, 6.07) is 11.2. The highest BCUT2D eigenvalue weighted by Crippen LogP contribution is 2.26. The molecule has 4 N–H and O–H groups in total. The van der Waals surface area contributed by atoms with Gasteiger partial charge in [0, 0.05) is 31.3 Å². The molecule has 1 fully saturated rings. The fourth-order valence-corrected chi connectivity index (χ4v) is 3.60. The van der Waals surface area contributed by atoms with E-state index in [0.717, 1.165) is 22.2 Å². The highest BCUT2D eigenvalue weighted by Gasteiger charge is 2.28. The third kappa shape index (κ3) is 4.20. The van der Waals surface area contributed by atoms with Crippen molar-refractivity contribution in [3.05, 3.63) is 60.0 Å². The molecular formula is C21H26N6O2. The standard InChI is InChI=1S/C21H26N6O2/c1-28-18-13-29-10-9-27(18)21-25-17-12-24-8-7-15(17)20(26-21)19(23)16(22)11-14-5-3-2-4-6-14/h2-8,12,16,18-19H,9-11,13,22-23H2,1H3. The summed E-state index contributed by atoms with van der Waals surface area (Å²) >= 11 is 0. The van der Waals surface area contributed by atoms with E-state index < -0.39 is 6.04 Å². The first-order chi connectivity index (χ1) is 14.2. The molecule has 0 bridgehead atoms. The Balaban J connectivity index is 1.70. The van der Waals surface area contributed by atoms with E-state index in [9.17, 15) is 0 Å². The monoisotopic (exact) mass is 394 g/mol. The van der Waals surface area contributed by atoms with Gasteiger partial charge >= 0.3 is 0 Å². The number of ether oxygens (including phenoxy) is 2. The quantitative estimate of drug-likeness (QED) is 0.645. The first-order valence-electron chi connectivity index (χ1n) is 9.71. The fraction of sp³-hybridized carbons (Fsp3) is 0.381. The summed E-state index contributed by atoms with van der Waals surface area (Å²) in [7, 11) is 1.65. The normalized spacial score (nSPS) is 19.3. The topological polar surface area (TPSA) is 112 Å². The molecule has 8 nitrogen and oxygen atoms in total. The minimum atomic E-state index is -0.455. The van der Waals surface area contributed by atoms with Gasteiger partial charge in [-0.05, 0) is 18.1 Å². The Morgan fingerprint density at radius 1 is 1.21 bits per heavy atom. The molecule has 1 aliphatic rings. The summed E-state index contributed by atoms with van der Waals surface area (Å²) in [5.74, 6) is 0.554. The van der Waals surface area contributed by atoms with Crippen molar-refractivity contribution in [3.63, 3.8) is 0 Å². The fourth-order valence-electron chi connectivity index (χ4n) is 3.60. The average Bonchev–Trinajstić information content (AvgIpc) is 2.78. The number of fused-ring (bicyclic) bond motifs is 1. The Labute approximate surface area is 169 Å². The largest absolute Gasteiger partial charge is 0.375 e. The number of morpholine rings is 1. The maximum Gasteiger partial charge on any atom is 0.228 e. The van der Waals surface area contributed by atoms with Gasteiger partial charge in [-0.1, -0.05) is 30.3 Å². The van der Waals surface area contributed by atoms with Crippen LogP contribution in [-0.4, -0.2) is 54.1 Å². The Morgan fingerprint density at radius 3 is 2.83 bits per heavy atom. The Kier molecular flexibility index (Phi) is 5.96. The van der Waals surface area contributed by atoms with Gasteiger partial charge in [0.05, 0.1) is 36.7 Å². The van der Waals surface area contributed by atoms with E-state index in [0.29, 0.717) is 32.1 Å². The number of hydrogen-bond donors (Lipinski definition) is 2. The molecule has 1 saturated heterocycles. The molecule has 2 aromatic heterocycles. The number of rotatable bonds is 6. The van der Waals surface area contributed by atoms with Crippen molar-refractivity contribution in [2.45, 2.75) is 24.7 Å². The molecule has 0 aliphatic carbocycles. The van der Waals surface area contributed by atoms with Gasteiger partial charge in [0.25, 0.3) is 0 Å². The van der Waals surface area contributed by atoms with E-state index in [-0.39, 0.29) is 12.3 Å². The number of aromatic nitrogens is 3. The number of benzene rings is 1. The van der Waals surface area contributed by atoms with Crippen LogP contribution in [0.3, 0.4) is 0 Å². The van der Waals surface area contributed by atoms with Gasteiger partial charge in [-0.25, -0.2) is 9.97 Å². The zero-order chi connectivity index (χ0) is 20.2. The van der Waals surface area contributed by atoms with E-state index in [1.54, 1.807) is 19.5 Å². The molecule has 3 aromatic rings. The zero-order valence-corrected chi connectivity index (χ0v) is 16.4. The van der Waals surface area contributed by atoms with Gasteiger partial charge in [-0.15, -0.1) is 0 Å². The summed E-state index contributed by atoms with van der Waals surface area (Å²) in [5.41, 5.74) is 15.7. The summed E-state index contributed by atoms with van der Waals surface area (Å²) in [6.07, 6.45) is 3.85. The van der Waals surface area contributed by atoms with Gasteiger partial charge in [0.2, 0.25) is 5.95 Å². The van der Waals surface area contributed by atoms with Crippen LogP contribution in [0, 0.1) is 0 Å². The number of methoxy groups -OCH3 is 1. The van der Waals surface area contributed by atoms with Gasteiger partial charge in [0.15, 0.2) is 6.23 Å². The Bertz CT molecular complexity index is 954. The molecule has 0 amide bonds. The number of anilines is 1. The average molecular weight is 394 g/mol. The van der Waals surface area contributed by atoms with Crippen molar-refractivity contribution >= 4 is 16.9 Å². The molecule has 8 heteroatoms. The third-order valence-electron chi connectivity index (χ3n) is 5.22. The minimum Gasteiger partial charge on any atom is -0.375 e. The summed E-state index contributed by atoms with van der Waals surface area (Å²) in [6.45, 7) is 1.68. The van der Waals surface area contributed by atoms with Crippen LogP contribution in [0.5, 0.6) is 0 Å². The van der Waals surface area contributed by atoms with Gasteiger partial charge in [-0.2, -0.15) is 0 Å². The molecule has 1 aromatic carbocycles. The van der Waals surface area contributed by atoms with Crippen LogP contribution >= 0.6 is 0 Å². The van der Waals surface area contributed by atoms with Gasteiger partial charge in [-0.3, -0.25) is 4.98 Å². The van der Waals surface area contributed by atoms with E-state index in [1.807, 2.05) is 29.2 Å². The van der Waals surface area contributed by atoms with Crippen LogP contribution in [0.15, 0.2) is 48.8 Å². The van der Waals surface area contributed by atoms with Crippen molar-refractivity contribution in [2.75, 3.05) is 31.8 Å². The lowest BCUT2D eigenvalue weighted by Gasteiger charge is -2.35. The van der Waals surface area contributed by atoms with E-state index in [1.165, 1.54) is 0 Å².